The third kappa shape index (κ3) is 3.41. The van der Waals surface area contributed by atoms with E-state index in [-0.39, 0.29) is 6.04 Å². The van der Waals surface area contributed by atoms with Gasteiger partial charge in [-0.3, -0.25) is 0 Å². The van der Waals surface area contributed by atoms with Gasteiger partial charge in [0.2, 0.25) is 5.90 Å². The number of hydrogen-bond donors (Lipinski definition) is 0. The Kier molecular flexibility index (Phi) is 4.89. The van der Waals surface area contributed by atoms with Crippen LogP contribution in [-0.4, -0.2) is 22.3 Å². The summed E-state index contributed by atoms with van der Waals surface area (Å²) in [4.78, 5) is 5.02. The van der Waals surface area contributed by atoms with Crippen LogP contribution in [0.5, 0.6) is 0 Å². The van der Waals surface area contributed by atoms with Crippen molar-refractivity contribution in [3.05, 3.63) is 108 Å². The lowest BCUT2D eigenvalue weighted by Gasteiger charge is -2.22. The molecule has 0 spiro atoms. The van der Waals surface area contributed by atoms with E-state index in [0.717, 1.165) is 34.6 Å². The molecule has 0 radical (unpaired) electrons. The van der Waals surface area contributed by atoms with E-state index >= 15 is 0 Å². The van der Waals surface area contributed by atoms with E-state index in [1.807, 2.05) is 47.1 Å². The number of hydrogen-bond acceptors (Lipinski definition) is 3. The van der Waals surface area contributed by atoms with Crippen LogP contribution in [0.3, 0.4) is 0 Å². The van der Waals surface area contributed by atoms with Gasteiger partial charge in [0.05, 0.1) is 29.6 Å². The molecule has 4 aromatic rings. The maximum atomic E-state index is 6.10. The van der Waals surface area contributed by atoms with Gasteiger partial charge in [0.1, 0.15) is 5.69 Å². The Morgan fingerprint density at radius 1 is 0.833 bits per heavy atom. The van der Waals surface area contributed by atoms with Gasteiger partial charge in [-0.25, -0.2) is 9.67 Å². The molecule has 0 saturated heterocycles. The molecule has 1 aliphatic rings. The van der Waals surface area contributed by atoms with Gasteiger partial charge in [-0.05, 0) is 24.6 Å². The lowest BCUT2D eigenvalue weighted by Crippen LogP contribution is -2.19. The lowest BCUT2D eigenvalue weighted by molar-refractivity contribution is 0.262. The average molecular weight is 393 g/mol. The molecule has 0 amide bonds. The van der Waals surface area contributed by atoms with Crippen molar-refractivity contribution < 1.29 is 4.74 Å². The summed E-state index contributed by atoms with van der Waals surface area (Å²) in [5.74, 6) is 0.675. The Labute approximate surface area is 176 Å². The highest BCUT2D eigenvalue weighted by atomic mass is 16.5. The van der Waals surface area contributed by atoms with Crippen LogP contribution in [-0.2, 0) is 4.74 Å². The first-order valence-electron chi connectivity index (χ1n) is 10.3. The second-order valence-electron chi connectivity index (χ2n) is 7.42. The molecule has 4 nitrogen and oxygen atoms in total. The van der Waals surface area contributed by atoms with E-state index in [4.69, 9.17) is 14.8 Å². The topological polar surface area (TPSA) is 39.4 Å². The monoisotopic (exact) mass is 393 g/mol. The van der Waals surface area contributed by atoms with Gasteiger partial charge in [-0.1, -0.05) is 78.9 Å². The number of aliphatic imine (C=N–C) groups is 1. The Morgan fingerprint density at radius 2 is 1.47 bits per heavy atom. The van der Waals surface area contributed by atoms with E-state index in [2.05, 4.69) is 55.5 Å². The first-order chi connectivity index (χ1) is 14.8. The summed E-state index contributed by atoms with van der Waals surface area (Å²) in [6.45, 7) is 2.72. The van der Waals surface area contributed by atoms with Crippen molar-refractivity contribution >= 4 is 5.90 Å². The third-order valence-corrected chi connectivity index (χ3v) is 5.47. The van der Waals surface area contributed by atoms with Crippen LogP contribution >= 0.6 is 0 Å². The molecule has 5 rings (SSSR count). The number of aromatic nitrogens is 2. The molecular weight excluding hydrogens is 370 g/mol. The van der Waals surface area contributed by atoms with Gasteiger partial charge in [-0.15, -0.1) is 0 Å². The molecule has 2 heterocycles. The van der Waals surface area contributed by atoms with Gasteiger partial charge >= 0.3 is 0 Å². The number of nitrogens with zero attached hydrogens (tertiary/aromatic N) is 3. The molecule has 4 heteroatoms. The molecular formula is C26H23N3O. The Bertz CT molecular complexity index is 1170. The Morgan fingerprint density at radius 3 is 2.17 bits per heavy atom. The minimum Gasteiger partial charge on any atom is -0.477 e. The average Bonchev–Trinajstić information content (AvgIpc) is 3.18. The molecule has 0 N–H and O–H groups in total. The SMILES string of the molecule is Cc1c(C2=NC(c3ccccc3)CCO2)c(-c2ccccc2)nn1-c1ccccc1. The van der Waals surface area contributed by atoms with Gasteiger partial charge in [0, 0.05) is 12.0 Å². The van der Waals surface area contributed by atoms with E-state index in [1.54, 1.807) is 0 Å². The predicted molar refractivity (Wildman–Crippen MR) is 120 cm³/mol. The minimum absolute atomic E-state index is 0.0954. The molecule has 30 heavy (non-hydrogen) atoms. The summed E-state index contributed by atoms with van der Waals surface area (Å²) in [6, 6.07) is 31.0. The Balaban J connectivity index is 1.67. The van der Waals surface area contributed by atoms with Crippen molar-refractivity contribution in [1.82, 2.24) is 9.78 Å². The second-order valence-corrected chi connectivity index (χ2v) is 7.42. The van der Waals surface area contributed by atoms with Crippen LogP contribution in [0.1, 0.15) is 29.3 Å². The standard InChI is InChI=1S/C26H23N3O/c1-19-24(26-27-23(17-18-30-26)20-11-5-2-6-12-20)25(21-13-7-3-8-14-21)28-29(19)22-15-9-4-10-16-22/h2-16,23H,17-18H2,1H3. The van der Waals surface area contributed by atoms with Crippen molar-refractivity contribution in [3.63, 3.8) is 0 Å². The zero-order valence-corrected chi connectivity index (χ0v) is 16.9. The highest BCUT2D eigenvalue weighted by molar-refractivity contribution is 6.01. The second kappa shape index (κ2) is 7.99. The molecule has 3 aromatic carbocycles. The molecule has 0 aliphatic carbocycles. The summed E-state index contributed by atoms with van der Waals surface area (Å²) >= 11 is 0. The summed E-state index contributed by atoms with van der Waals surface area (Å²) in [5, 5.41) is 4.98. The van der Waals surface area contributed by atoms with E-state index < -0.39 is 0 Å². The zero-order valence-electron chi connectivity index (χ0n) is 16.9. The zero-order chi connectivity index (χ0) is 20.3. The van der Waals surface area contributed by atoms with Crippen molar-refractivity contribution in [1.29, 1.82) is 0 Å². The van der Waals surface area contributed by atoms with Crippen LogP contribution in [0, 0.1) is 6.92 Å². The lowest BCUT2D eigenvalue weighted by atomic mass is 10.0. The largest absolute Gasteiger partial charge is 0.477 e. The number of rotatable bonds is 4. The quantitative estimate of drug-likeness (QED) is 0.442. The molecule has 1 unspecified atom stereocenters. The first kappa shape index (κ1) is 18.4. The van der Waals surface area contributed by atoms with Crippen molar-refractivity contribution in [3.8, 4) is 16.9 Å². The predicted octanol–water partition coefficient (Wildman–Crippen LogP) is 5.76. The molecule has 1 aliphatic heterocycles. The Hall–Kier alpha value is -3.66. The normalized spacial score (nSPS) is 16.0. The highest BCUT2D eigenvalue weighted by Crippen LogP contribution is 2.32. The molecule has 0 fully saturated rings. The molecule has 148 valence electrons. The van der Waals surface area contributed by atoms with E-state index in [0.29, 0.717) is 12.5 Å². The van der Waals surface area contributed by atoms with Gasteiger partial charge in [-0.2, -0.15) is 5.10 Å². The van der Waals surface area contributed by atoms with Crippen LogP contribution in [0.15, 0.2) is 96.0 Å². The fraction of sp³-hybridized carbons (Fsp3) is 0.154. The smallest absolute Gasteiger partial charge is 0.220 e. The van der Waals surface area contributed by atoms with Crippen LogP contribution in [0.25, 0.3) is 16.9 Å². The molecule has 0 bridgehead atoms. The van der Waals surface area contributed by atoms with Crippen molar-refractivity contribution in [2.45, 2.75) is 19.4 Å². The van der Waals surface area contributed by atoms with Gasteiger partial charge < -0.3 is 4.74 Å². The van der Waals surface area contributed by atoms with E-state index in [1.165, 1.54) is 5.56 Å². The number of ether oxygens (including phenoxy) is 1. The fourth-order valence-corrected chi connectivity index (χ4v) is 3.94. The summed E-state index contributed by atoms with van der Waals surface area (Å²) in [6.07, 6.45) is 0.875. The van der Waals surface area contributed by atoms with Gasteiger partial charge in [0.25, 0.3) is 0 Å². The summed E-state index contributed by atoms with van der Waals surface area (Å²) < 4.78 is 8.09. The van der Waals surface area contributed by atoms with Crippen LogP contribution in [0.4, 0.5) is 0 Å². The summed E-state index contributed by atoms with van der Waals surface area (Å²) in [5.41, 5.74) is 6.17. The maximum absolute atomic E-state index is 6.10. The van der Waals surface area contributed by atoms with Crippen molar-refractivity contribution in [2.24, 2.45) is 4.99 Å². The van der Waals surface area contributed by atoms with Gasteiger partial charge in [0.15, 0.2) is 0 Å². The minimum atomic E-state index is 0.0954. The van der Waals surface area contributed by atoms with Crippen molar-refractivity contribution in [2.75, 3.05) is 6.61 Å². The highest BCUT2D eigenvalue weighted by Gasteiger charge is 2.26. The number of benzene rings is 3. The maximum Gasteiger partial charge on any atom is 0.220 e. The first-order valence-corrected chi connectivity index (χ1v) is 10.3. The van der Waals surface area contributed by atoms with Crippen LogP contribution < -0.4 is 0 Å². The molecule has 1 atom stereocenters. The van der Waals surface area contributed by atoms with Crippen LogP contribution in [0.2, 0.25) is 0 Å². The summed E-state index contributed by atoms with van der Waals surface area (Å²) in [7, 11) is 0. The fourth-order valence-electron chi connectivity index (χ4n) is 3.94. The third-order valence-electron chi connectivity index (χ3n) is 5.47. The van der Waals surface area contributed by atoms with E-state index in [9.17, 15) is 0 Å². The molecule has 0 saturated carbocycles. The molecule has 1 aromatic heterocycles. The number of para-hydroxylation sites is 1.